The minimum atomic E-state index is -1.25. The van der Waals surface area contributed by atoms with Crippen LogP contribution in [0.4, 0.5) is 0 Å². The summed E-state index contributed by atoms with van der Waals surface area (Å²) in [5, 5.41) is 19.2. The number of esters is 2. The molecule has 0 saturated heterocycles. The summed E-state index contributed by atoms with van der Waals surface area (Å²) in [5.41, 5.74) is -1.25. The molecule has 0 aromatic heterocycles. The van der Waals surface area contributed by atoms with Gasteiger partial charge in [0.25, 0.3) is 0 Å². The van der Waals surface area contributed by atoms with Crippen molar-refractivity contribution in [3.63, 3.8) is 0 Å². The van der Waals surface area contributed by atoms with Crippen LogP contribution in [0.15, 0.2) is 0 Å². The van der Waals surface area contributed by atoms with E-state index < -0.39 is 24.3 Å². The van der Waals surface area contributed by atoms with Gasteiger partial charge in [0, 0.05) is 0 Å². The Labute approximate surface area is 166 Å². The highest BCUT2D eigenvalue weighted by atomic mass is 16.6. The summed E-state index contributed by atoms with van der Waals surface area (Å²) in [6.45, 7) is 6.87. The normalized spacial score (nSPS) is 14.7. The van der Waals surface area contributed by atoms with Crippen LogP contribution in [0, 0.1) is 5.92 Å². The Morgan fingerprint density at radius 1 is 1.07 bits per heavy atom. The molecule has 27 heavy (non-hydrogen) atoms. The van der Waals surface area contributed by atoms with Crippen molar-refractivity contribution in [1.29, 1.82) is 0 Å². The van der Waals surface area contributed by atoms with Gasteiger partial charge in [-0.3, -0.25) is 9.59 Å². The molecule has 3 unspecified atom stereocenters. The molecule has 164 valence electrons. The predicted octanol–water partition coefficient (Wildman–Crippen LogP) is 4.25. The molecule has 0 bridgehead atoms. The van der Waals surface area contributed by atoms with E-state index in [1.165, 1.54) is 0 Å². The number of aliphatic hydroxyl groups is 2. The fourth-order valence-electron chi connectivity index (χ4n) is 2.35. The minimum absolute atomic E-state index is 0. The molecule has 0 heterocycles. The minimum Gasteiger partial charge on any atom is -0.461 e. The quantitative estimate of drug-likeness (QED) is 0.339. The zero-order chi connectivity index (χ0) is 19.3. The Morgan fingerprint density at radius 3 is 2.19 bits per heavy atom. The van der Waals surface area contributed by atoms with Gasteiger partial charge >= 0.3 is 11.9 Å². The second-order valence-electron chi connectivity index (χ2n) is 6.79. The third kappa shape index (κ3) is 12.8. The molecule has 0 fully saturated rings. The Hall–Kier alpha value is -1.14. The first-order valence-corrected chi connectivity index (χ1v) is 9.51. The molecule has 0 aromatic rings. The maximum Gasteiger partial charge on any atom is 0.309 e. The van der Waals surface area contributed by atoms with E-state index in [4.69, 9.17) is 9.47 Å². The highest BCUT2D eigenvalue weighted by molar-refractivity contribution is 5.72. The molecule has 0 rings (SSSR count). The molecule has 6 heteroatoms. The highest BCUT2D eigenvalue weighted by Crippen LogP contribution is 2.20. The van der Waals surface area contributed by atoms with Crippen LogP contribution < -0.4 is 0 Å². The molecule has 0 aliphatic heterocycles. The average Bonchev–Trinajstić information content (AvgIpc) is 2.61. The first kappa shape index (κ1) is 30.6. The maximum absolute atomic E-state index is 12.1. The monoisotopic (exact) mass is 392 g/mol. The lowest BCUT2D eigenvalue weighted by Gasteiger charge is -2.30. The van der Waals surface area contributed by atoms with E-state index in [2.05, 4.69) is 6.92 Å². The van der Waals surface area contributed by atoms with Gasteiger partial charge in [0.15, 0.2) is 5.60 Å². The van der Waals surface area contributed by atoms with Crippen molar-refractivity contribution in [2.45, 2.75) is 106 Å². The maximum atomic E-state index is 12.1. The van der Waals surface area contributed by atoms with Crippen LogP contribution >= 0.6 is 0 Å². The Balaban J connectivity index is -0.00000288. The van der Waals surface area contributed by atoms with Crippen LogP contribution in [0.25, 0.3) is 0 Å². The van der Waals surface area contributed by atoms with E-state index in [0.717, 1.165) is 32.1 Å². The Morgan fingerprint density at radius 2 is 1.70 bits per heavy atom. The van der Waals surface area contributed by atoms with Crippen molar-refractivity contribution in [1.82, 2.24) is 0 Å². The number of ether oxygens (including phenoxy) is 2. The molecule has 0 radical (unpaired) electrons. The summed E-state index contributed by atoms with van der Waals surface area (Å²) in [6, 6.07) is 0. The van der Waals surface area contributed by atoms with Crippen LogP contribution in [-0.4, -0.2) is 47.1 Å². The third-order valence-corrected chi connectivity index (χ3v) is 4.51. The topological polar surface area (TPSA) is 93.1 Å². The molecule has 6 nitrogen and oxygen atoms in total. The molecule has 0 aliphatic carbocycles. The SMILES string of the molecule is C.C.CCCCCCC(C)C(=O)OCC(CC)(CO)OC(=O)CC(O)CC. The summed E-state index contributed by atoms with van der Waals surface area (Å²) in [6.07, 6.45) is 4.99. The van der Waals surface area contributed by atoms with Crippen molar-refractivity contribution in [2.75, 3.05) is 13.2 Å². The van der Waals surface area contributed by atoms with Crippen LogP contribution in [0.3, 0.4) is 0 Å². The summed E-state index contributed by atoms with van der Waals surface area (Å²) in [5.74, 6) is -1.16. The second-order valence-corrected chi connectivity index (χ2v) is 6.79. The van der Waals surface area contributed by atoms with Gasteiger partial charge in [-0.1, -0.05) is 68.2 Å². The molecule has 2 N–H and O–H groups in total. The fraction of sp³-hybridized carbons (Fsp3) is 0.905. The zero-order valence-corrected chi connectivity index (χ0v) is 16.3. The number of carbonyl (C=O) groups is 2. The van der Waals surface area contributed by atoms with E-state index in [0.29, 0.717) is 12.8 Å². The number of rotatable bonds is 14. The lowest BCUT2D eigenvalue weighted by Crippen LogP contribution is -2.44. The van der Waals surface area contributed by atoms with Gasteiger partial charge in [-0.2, -0.15) is 0 Å². The van der Waals surface area contributed by atoms with E-state index >= 15 is 0 Å². The molecule has 0 spiro atoms. The van der Waals surface area contributed by atoms with Crippen molar-refractivity contribution < 1.29 is 29.3 Å². The van der Waals surface area contributed by atoms with Gasteiger partial charge in [0.2, 0.25) is 0 Å². The third-order valence-electron chi connectivity index (χ3n) is 4.51. The Kier molecular flexibility index (Phi) is 19.2. The first-order valence-electron chi connectivity index (χ1n) is 9.51. The lowest BCUT2D eigenvalue weighted by molar-refractivity contribution is -0.182. The fourth-order valence-corrected chi connectivity index (χ4v) is 2.35. The molecular weight excluding hydrogens is 348 g/mol. The molecule has 3 atom stereocenters. The smallest absolute Gasteiger partial charge is 0.309 e. The lowest BCUT2D eigenvalue weighted by atomic mass is 10.0. The molecule has 0 aliphatic rings. The standard InChI is InChI=1S/C19H36O6.2CH4/c1-5-8-9-10-11-15(4)18(23)24-14-19(7-3,13-20)25-17(22)12-16(21)6-2;;/h15-16,20-21H,5-14H2,1-4H3;2*1H4. The van der Waals surface area contributed by atoms with Gasteiger partial charge in [0.05, 0.1) is 25.0 Å². The van der Waals surface area contributed by atoms with Crippen LogP contribution in [-0.2, 0) is 19.1 Å². The van der Waals surface area contributed by atoms with Crippen molar-refractivity contribution >= 4 is 11.9 Å². The highest BCUT2D eigenvalue weighted by Gasteiger charge is 2.34. The van der Waals surface area contributed by atoms with Gasteiger partial charge in [-0.25, -0.2) is 0 Å². The second kappa shape index (κ2) is 17.0. The Bertz CT molecular complexity index is 379. The van der Waals surface area contributed by atoms with Crippen molar-refractivity contribution in [2.24, 2.45) is 5.92 Å². The number of unbranched alkanes of at least 4 members (excludes halogenated alkanes) is 3. The van der Waals surface area contributed by atoms with Gasteiger partial charge < -0.3 is 19.7 Å². The summed E-state index contributed by atoms with van der Waals surface area (Å²) < 4.78 is 10.6. The molecular formula is C21H44O6. The summed E-state index contributed by atoms with van der Waals surface area (Å²) in [7, 11) is 0. The van der Waals surface area contributed by atoms with Crippen LogP contribution in [0.2, 0.25) is 0 Å². The molecule has 0 saturated carbocycles. The molecule has 0 aromatic carbocycles. The number of aliphatic hydroxyl groups excluding tert-OH is 2. The number of hydrogen-bond donors (Lipinski definition) is 2. The van der Waals surface area contributed by atoms with Crippen LogP contribution in [0.1, 0.15) is 93.9 Å². The largest absolute Gasteiger partial charge is 0.461 e. The summed E-state index contributed by atoms with van der Waals surface area (Å²) >= 11 is 0. The predicted molar refractivity (Wildman–Crippen MR) is 109 cm³/mol. The van der Waals surface area contributed by atoms with E-state index in [9.17, 15) is 19.8 Å². The van der Waals surface area contributed by atoms with E-state index in [1.54, 1.807) is 13.8 Å². The molecule has 0 amide bonds. The van der Waals surface area contributed by atoms with Gasteiger partial charge in [-0.15, -0.1) is 0 Å². The summed E-state index contributed by atoms with van der Waals surface area (Å²) in [4.78, 5) is 24.0. The van der Waals surface area contributed by atoms with Crippen molar-refractivity contribution in [3.05, 3.63) is 0 Å². The van der Waals surface area contributed by atoms with Gasteiger partial charge in [-0.05, 0) is 19.3 Å². The number of hydrogen-bond acceptors (Lipinski definition) is 6. The van der Waals surface area contributed by atoms with E-state index in [1.807, 2.05) is 6.92 Å². The van der Waals surface area contributed by atoms with Gasteiger partial charge in [0.1, 0.15) is 6.61 Å². The van der Waals surface area contributed by atoms with E-state index in [-0.39, 0.29) is 39.8 Å². The first-order chi connectivity index (χ1) is 11.8. The number of carbonyl (C=O) groups excluding carboxylic acids is 2. The zero-order valence-electron chi connectivity index (χ0n) is 16.3. The van der Waals surface area contributed by atoms with Crippen LogP contribution in [0.5, 0.6) is 0 Å². The average molecular weight is 393 g/mol. The van der Waals surface area contributed by atoms with Crippen molar-refractivity contribution in [3.8, 4) is 0 Å².